The van der Waals surface area contributed by atoms with Crippen molar-refractivity contribution in [3.8, 4) is 6.07 Å². The molecule has 0 saturated carbocycles. The molecule has 0 amide bonds. The van der Waals surface area contributed by atoms with Crippen LogP contribution in [-0.4, -0.2) is 19.8 Å². The minimum atomic E-state index is -3.46. The van der Waals surface area contributed by atoms with Gasteiger partial charge in [-0.05, 0) is 13.8 Å². The van der Waals surface area contributed by atoms with Gasteiger partial charge in [-0.15, -0.1) is 0 Å². The summed E-state index contributed by atoms with van der Waals surface area (Å²) in [5.74, 6) is 0. The molecule has 0 rings (SSSR count). The van der Waals surface area contributed by atoms with Gasteiger partial charge in [0.25, 0.3) is 0 Å². The number of nitrogens with zero attached hydrogens (tertiary/aromatic N) is 1. The zero-order valence-electron chi connectivity index (χ0n) is 7.15. The summed E-state index contributed by atoms with van der Waals surface area (Å²) in [7, 11) is -3.46. The lowest BCUT2D eigenvalue weighted by Gasteiger charge is -2.13. The van der Waals surface area contributed by atoms with Gasteiger partial charge in [-0.3, -0.25) is 13.6 Å². The molecule has 0 spiro atoms. The quantitative estimate of drug-likeness (QED) is 0.600. The Morgan fingerprint density at radius 2 is 1.75 bits per heavy atom. The van der Waals surface area contributed by atoms with Gasteiger partial charge >= 0.3 is 7.82 Å². The summed E-state index contributed by atoms with van der Waals surface area (Å²) in [6.45, 7) is 3.49. The maximum Gasteiger partial charge on any atom is 0.475 e. The monoisotopic (exact) mass is 193 g/mol. The average molecular weight is 193 g/mol. The van der Waals surface area contributed by atoms with Gasteiger partial charge in [0, 0.05) is 0 Å². The lowest BCUT2D eigenvalue weighted by atomic mass is 10.9. The fraction of sp³-hybridized carbons (Fsp3) is 0.833. The molecule has 0 aliphatic carbocycles. The van der Waals surface area contributed by atoms with Gasteiger partial charge in [0.1, 0.15) is 6.61 Å². The Kier molecular flexibility index (Phi) is 5.95. The van der Waals surface area contributed by atoms with E-state index in [4.69, 9.17) is 14.3 Å². The van der Waals surface area contributed by atoms with Crippen LogP contribution in [0.4, 0.5) is 0 Å². The van der Waals surface area contributed by atoms with Crippen LogP contribution in [0.1, 0.15) is 13.8 Å². The molecular weight excluding hydrogens is 181 g/mol. The molecule has 70 valence electrons. The van der Waals surface area contributed by atoms with Crippen molar-refractivity contribution in [3.63, 3.8) is 0 Å². The maximum absolute atomic E-state index is 11.4. The first-order chi connectivity index (χ1) is 5.68. The molecule has 0 atom stereocenters. The van der Waals surface area contributed by atoms with E-state index in [1.54, 1.807) is 19.9 Å². The van der Waals surface area contributed by atoms with Crippen molar-refractivity contribution in [1.82, 2.24) is 0 Å². The molecule has 0 N–H and O–H groups in total. The van der Waals surface area contributed by atoms with Crippen LogP contribution in [0.5, 0.6) is 0 Å². The first kappa shape index (κ1) is 11.6. The Morgan fingerprint density at radius 3 is 2.08 bits per heavy atom. The number of phosphoric ester groups is 1. The van der Waals surface area contributed by atoms with Crippen LogP contribution in [0.2, 0.25) is 0 Å². The highest BCUT2D eigenvalue weighted by Crippen LogP contribution is 2.48. The standard InChI is InChI=1S/C6H12NO4P/c1-3-9-12(8,10-4-2)11-6-5-7/h3-4,6H2,1-2H3. The number of hydrogen-bond donors (Lipinski definition) is 0. The van der Waals surface area contributed by atoms with Crippen LogP contribution in [0.25, 0.3) is 0 Å². The lowest BCUT2D eigenvalue weighted by Crippen LogP contribution is -2.00. The zero-order valence-corrected chi connectivity index (χ0v) is 8.04. The smallest absolute Gasteiger partial charge is 0.287 e. The molecule has 0 aromatic carbocycles. The van der Waals surface area contributed by atoms with E-state index < -0.39 is 7.82 Å². The molecule has 0 aliphatic rings. The fourth-order valence-electron chi connectivity index (χ4n) is 0.536. The molecule has 0 unspecified atom stereocenters. The van der Waals surface area contributed by atoms with Gasteiger partial charge in [0.05, 0.1) is 19.3 Å². The number of phosphoric acid groups is 1. The third-order valence-corrected chi connectivity index (χ3v) is 2.46. The van der Waals surface area contributed by atoms with Gasteiger partial charge in [-0.2, -0.15) is 5.26 Å². The molecule has 5 nitrogen and oxygen atoms in total. The Bertz CT molecular complexity index is 190. The van der Waals surface area contributed by atoms with Crippen molar-refractivity contribution < 1.29 is 18.1 Å². The van der Waals surface area contributed by atoms with Crippen molar-refractivity contribution in [2.24, 2.45) is 0 Å². The summed E-state index contributed by atoms with van der Waals surface area (Å²) in [4.78, 5) is 0. The Morgan fingerprint density at radius 1 is 1.25 bits per heavy atom. The summed E-state index contributed by atoms with van der Waals surface area (Å²) < 4.78 is 25.4. The van der Waals surface area contributed by atoms with Crippen molar-refractivity contribution in [2.75, 3.05) is 19.8 Å². The molecule has 0 heterocycles. The van der Waals surface area contributed by atoms with Crippen LogP contribution in [0.15, 0.2) is 0 Å². The third-order valence-electron chi connectivity index (χ3n) is 0.862. The highest BCUT2D eigenvalue weighted by molar-refractivity contribution is 7.48. The van der Waals surface area contributed by atoms with Crippen LogP contribution in [-0.2, 0) is 18.1 Å². The van der Waals surface area contributed by atoms with Crippen molar-refractivity contribution in [1.29, 1.82) is 5.26 Å². The van der Waals surface area contributed by atoms with E-state index in [9.17, 15) is 4.57 Å². The third kappa shape index (κ3) is 4.47. The fourth-order valence-corrected chi connectivity index (χ4v) is 1.61. The molecule has 0 aromatic heterocycles. The molecule has 6 heteroatoms. The van der Waals surface area contributed by atoms with Crippen molar-refractivity contribution >= 4 is 7.82 Å². The summed E-state index contributed by atoms with van der Waals surface area (Å²) in [5.41, 5.74) is 0. The van der Waals surface area contributed by atoms with Gasteiger partial charge < -0.3 is 0 Å². The van der Waals surface area contributed by atoms with Gasteiger partial charge in [0.2, 0.25) is 0 Å². The number of nitriles is 1. The van der Waals surface area contributed by atoms with Crippen molar-refractivity contribution in [3.05, 3.63) is 0 Å². The second kappa shape index (κ2) is 6.15. The van der Waals surface area contributed by atoms with E-state index >= 15 is 0 Å². The summed E-state index contributed by atoms with van der Waals surface area (Å²) in [6.07, 6.45) is 0. The number of rotatable bonds is 6. The number of hydrogen-bond acceptors (Lipinski definition) is 5. The summed E-state index contributed by atoms with van der Waals surface area (Å²) >= 11 is 0. The second-order valence-corrected chi connectivity index (χ2v) is 3.38. The Hall–Kier alpha value is -0.400. The largest absolute Gasteiger partial charge is 0.475 e. The SMILES string of the molecule is CCOP(=O)(OCC)OCC#N. The van der Waals surface area contributed by atoms with Crippen LogP contribution >= 0.6 is 7.82 Å². The Labute approximate surface area is 71.8 Å². The Balaban J connectivity index is 4.01. The summed E-state index contributed by atoms with van der Waals surface area (Å²) in [6, 6.07) is 1.69. The van der Waals surface area contributed by atoms with E-state index in [1.165, 1.54) is 0 Å². The minimum absolute atomic E-state index is 0.225. The van der Waals surface area contributed by atoms with E-state index in [2.05, 4.69) is 4.52 Å². The molecule has 0 radical (unpaired) electrons. The first-order valence-corrected chi connectivity index (χ1v) is 5.05. The van der Waals surface area contributed by atoms with Gasteiger partial charge in [0.15, 0.2) is 0 Å². The van der Waals surface area contributed by atoms with E-state index in [1.807, 2.05) is 0 Å². The minimum Gasteiger partial charge on any atom is -0.287 e. The molecule has 12 heavy (non-hydrogen) atoms. The van der Waals surface area contributed by atoms with Gasteiger partial charge in [-0.1, -0.05) is 0 Å². The molecular formula is C6H12NO4P. The molecule has 0 bridgehead atoms. The molecule has 0 saturated heterocycles. The highest BCUT2D eigenvalue weighted by Gasteiger charge is 2.24. The predicted octanol–water partition coefficient (Wildman–Crippen LogP) is 1.71. The highest BCUT2D eigenvalue weighted by atomic mass is 31.2. The first-order valence-electron chi connectivity index (χ1n) is 3.59. The zero-order chi connectivity index (χ0) is 9.45. The van der Waals surface area contributed by atoms with Crippen LogP contribution in [0.3, 0.4) is 0 Å². The average Bonchev–Trinajstić information content (AvgIpc) is 2.02. The molecule has 0 fully saturated rings. The van der Waals surface area contributed by atoms with Crippen LogP contribution in [0, 0.1) is 11.3 Å². The van der Waals surface area contributed by atoms with E-state index in [0.29, 0.717) is 0 Å². The van der Waals surface area contributed by atoms with E-state index in [-0.39, 0.29) is 19.8 Å². The molecule has 0 aromatic rings. The van der Waals surface area contributed by atoms with E-state index in [0.717, 1.165) is 0 Å². The predicted molar refractivity (Wildman–Crippen MR) is 42.4 cm³/mol. The van der Waals surface area contributed by atoms with Gasteiger partial charge in [-0.25, -0.2) is 4.57 Å². The molecule has 0 aliphatic heterocycles. The normalized spacial score (nSPS) is 11.1. The van der Waals surface area contributed by atoms with Crippen LogP contribution < -0.4 is 0 Å². The summed E-state index contributed by atoms with van der Waals surface area (Å²) in [5, 5.41) is 8.16. The lowest BCUT2D eigenvalue weighted by molar-refractivity contribution is 0.132. The van der Waals surface area contributed by atoms with Crippen molar-refractivity contribution in [2.45, 2.75) is 13.8 Å². The maximum atomic E-state index is 11.4. The topological polar surface area (TPSA) is 68.6 Å². The second-order valence-electron chi connectivity index (χ2n) is 1.71.